The quantitative estimate of drug-likeness (QED) is 0.0245. The first kappa shape index (κ1) is 50.6. The minimum absolute atomic E-state index is 0.0249. The number of rotatable bonds is 31. The van der Waals surface area contributed by atoms with Crippen molar-refractivity contribution in [1.29, 1.82) is 0 Å². The number of carbonyl (C=O) groups excluding carboxylic acids is 4. The molecule has 58 heavy (non-hydrogen) atoms. The molecule has 0 saturated carbocycles. The first-order valence-electron chi connectivity index (χ1n) is 21.5. The van der Waals surface area contributed by atoms with Gasteiger partial charge in [-0.3, -0.25) is 38.1 Å². The van der Waals surface area contributed by atoms with Crippen molar-refractivity contribution in [2.24, 2.45) is 11.8 Å². The highest BCUT2D eigenvalue weighted by molar-refractivity contribution is 7.53. The monoisotopic (exact) mass is 830 g/mol. The van der Waals surface area contributed by atoms with Gasteiger partial charge in [0.1, 0.15) is 0 Å². The van der Waals surface area contributed by atoms with Crippen LogP contribution in [0.4, 0.5) is 0 Å². The summed E-state index contributed by atoms with van der Waals surface area (Å²) in [5.74, 6) is -2.71. The van der Waals surface area contributed by atoms with Crippen molar-refractivity contribution in [2.45, 2.75) is 157 Å². The van der Waals surface area contributed by atoms with Crippen LogP contribution in [0, 0.1) is 11.8 Å². The predicted octanol–water partition coefficient (Wildman–Crippen LogP) is 9.88. The van der Waals surface area contributed by atoms with E-state index in [2.05, 4.69) is 24.5 Å². The number of benzene rings is 2. The zero-order valence-corrected chi connectivity index (χ0v) is 37.0. The first-order valence-corrected chi connectivity index (χ1v) is 23.2. The third kappa shape index (κ3) is 20.9. The lowest BCUT2D eigenvalue weighted by molar-refractivity contribution is -0.179. The molecule has 2 aromatic carbocycles. The lowest BCUT2D eigenvalue weighted by Crippen LogP contribution is -2.47. The van der Waals surface area contributed by atoms with Gasteiger partial charge in [-0.2, -0.15) is 0 Å². The number of ether oxygens (including phenoxy) is 3. The average molecular weight is 831 g/mol. The van der Waals surface area contributed by atoms with Crippen LogP contribution >= 0.6 is 7.60 Å². The van der Waals surface area contributed by atoms with E-state index in [1.54, 1.807) is 34.6 Å². The Morgan fingerprint density at radius 1 is 0.621 bits per heavy atom. The number of carbonyl (C=O) groups is 4. The van der Waals surface area contributed by atoms with E-state index >= 15 is 0 Å². The Hall–Kier alpha value is -3.57. The highest BCUT2D eigenvalue weighted by Gasteiger charge is 2.38. The fraction of sp³-hybridized carbons (Fsp3) is 0.644. The first-order chi connectivity index (χ1) is 27.8. The Morgan fingerprint density at radius 3 is 1.60 bits per heavy atom. The molecule has 326 valence electrons. The molecular weight excluding hydrogens is 759 g/mol. The zero-order valence-electron chi connectivity index (χ0n) is 36.1. The largest absolute Gasteiger partial charge is 0.466 e. The SMILES string of the molecule is CCCCCCCC(=O)OC(OP(=O)(CNC(Cc1ccc(-c2ccccc2)cc1)C(=O)NCCC(=O)OCC)OC(OC(=O)CCCCCCC)C(C)C)C(C)C. The number of amides is 1. The summed E-state index contributed by atoms with van der Waals surface area (Å²) < 4.78 is 43.7. The number of nitrogens with one attached hydrogen (secondary N) is 2. The molecular formula is C45H71N2O10P. The number of hydrogen-bond acceptors (Lipinski definition) is 11. The van der Waals surface area contributed by atoms with Crippen LogP contribution in [0.2, 0.25) is 0 Å². The smallest absolute Gasteiger partial charge is 0.350 e. The second kappa shape index (κ2) is 28.8. The summed E-state index contributed by atoms with van der Waals surface area (Å²) in [5, 5.41) is 5.89. The Morgan fingerprint density at radius 2 is 1.12 bits per heavy atom. The van der Waals surface area contributed by atoms with E-state index in [4.69, 9.17) is 23.3 Å². The molecule has 0 saturated heterocycles. The van der Waals surface area contributed by atoms with Crippen LogP contribution in [0.5, 0.6) is 0 Å². The van der Waals surface area contributed by atoms with Crippen molar-refractivity contribution in [3.8, 4) is 11.1 Å². The van der Waals surface area contributed by atoms with Crippen LogP contribution in [-0.4, -0.2) is 61.9 Å². The molecule has 0 fully saturated rings. The van der Waals surface area contributed by atoms with E-state index in [0.29, 0.717) is 12.8 Å². The second-order valence-corrected chi connectivity index (χ2v) is 17.3. The highest BCUT2D eigenvalue weighted by atomic mass is 31.2. The Kier molecular flexibility index (Phi) is 25.1. The standard InChI is InChI=1S/C45H71N2O10P/c1-8-11-13-15-20-24-41(49)54-44(34(4)5)56-58(52,57-45(35(6)7)55-42(50)25-21-16-14-12-9-2)33-47-39(43(51)46-31-30-40(48)53-10-3)32-36-26-28-38(29-27-36)37-22-18-17-19-23-37/h17-19,22-23,26-29,34-35,39,44-45,47H,8-16,20-21,24-25,30-33H2,1-7H3,(H,46,51). The van der Waals surface area contributed by atoms with Gasteiger partial charge in [0.15, 0.2) is 0 Å². The van der Waals surface area contributed by atoms with Crippen molar-refractivity contribution >= 4 is 31.4 Å². The Balaban J connectivity index is 2.38. The molecule has 0 heterocycles. The molecule has 0 spiro atoms. The fourth-order valence-corrected chi connectivity index (χ4v) is 7.77. The normalized spacial score (nSPS) is 14.0. The molecule has 2 aromatic rings. The van der Waals surface area contributed by atoms with Crippen LogP contribution in [0.1, 0.15) is 138 Å². The van der Waals surface area contributed by atoms with Gasteiger partial charge < -0.3 is 19.5 Å². The van der Waals surface area contributed by atoms with Gasteiger partial charge in [-0.05, 0) is 42.9 Å². The summed E-state index contributed by atoms with van der Waals surface area (Å²) in [6, 6.07) is 16.7. The zero-order chi connectivity index (χ0) is 42.8. The van der Waals surface area contributed by atoms with Gasteiger partial charge in [-0.25, -0.2) is 0 Å². The molecule has 0 radical (unpaired) electrons. The van der Waals surface area contributed by atoms with E-state index in [1.807, 2.05) is 54.6 Å². The van der Waals surface area contributed by atoms with Crippen LogP contribution in [0.15, 0.2) is 54.6 Å². The van der Waals surface area contributed by atoms with Gasteiger partial charge in [0.25, 0.3) is 0 Å². The summed E-state index contributed by atoms with van der Waals surface area (Å²) >= 11 is 0. The molecule has 0 aliphatic rings. The molecule has 1 amide bonds. The Bertz CT molecular complexity index is 1470. The third-order valence-electron chi connectivity index (χ3n) is 9.36. The maximum Gasteiger partial charge on any atom is 0.350 e. The highest BCUT2D eigenvalue weighted by Crippen LogP contribution is 2.51. The van der Waals surface area contributed by atoms with Crippen LogP contribution in [0.25, 0.3) is 11.1 Å². The summed E-state index contributed by atoms with van der Waals surface area (Å²) in [7, 11) is -4.35. The van der Waals surface area contributed by atoms with E-state index in [9.17, 15) is 23.7 Å². The van der Waals surface area contributed by atoms with Crippen LogP contribution < -0.4 is 10.6 Å². The van der Waals surface area contributed by atoms with Gasteiger partial charge >= 0.3 is 25.5 Å². The number of unbranched alkanes of at least 4 members (excludes halogenated alkanes) is 8. The fourth-order valence-electron chi connectivity index (χ4n) is 5.92. The summed E-state index contributed by atoms with van der Waals surface area (Å²) in [5.41, 5.74) is 2.87. The summed E-state index contributed by atoms with van der Waals surface area (Å²) in [6.07, 6.45) is 7.00. The van der Waals surface area contributed by atoms with Crippen molar-refractivity contribution < 1.29 is 47.0 Å². The van der Waals surface area contributed by atoms with Gasteiger partial charge in [0, 0.05) is 31.2 Å². The molecule has 3 unspecified atom stereocenters. The molecule has 3 atom stereocenters. The number of esters is 3. The molecule has 0 bridgehead atoms. The van der Waals surface area contributed by atoms with Crippen LogP contribution in [0.3, 0.4) is 0 Å². The lowest BCUT2D eigenvalue weighted by Gasteiger charge is -2.31. The molecule has 0 aliphatic carbocycles. The molecule has 12 nitrogen and oxygen atoms in total. The molecule has 0 aliphatic heterocycles. The average Bonchev–Trinajstić information content (AvgIpc) is 3.19. The van der Waals surface area contributed by atoms with Crippen molar-refractivity contribution in [2.75, 3.05) is 19.4 Å². The van der Waals surface area contributed by atoms with Crippen molar-refractivity contribution in [1.82, 2.24) is 10.6 Å². The minimum atomic E-state index is -4.35. The molecule has 2 rings (SSSR count). The maximum absolute atomic E-state index is 14.9. The van der Waals surface area contributed by atoms with Gasteiger partial charge in [-0.1, -0.05) is 148 Å². The third-order valence-corrected chi connectivity index (χ3v) is 11.0. The van der Waals surface area contributed by atoms with E-state index in [-0.39, 0.29) is 38.8 Å². The van der Waals surface area contributed by atoms with E-state index in [0.717, 1.165) is 68.1 Å². The van der Waals surface area contributed by atoms with Gasteiger partial charge in [-0.15, -0.1) is 0 Å². The van der Waals surface area contributed by atoms with Gasteiger partial charge in [0.2, 0.25) is 18.5 Å². The van der Waals surface area contributed by atoms with Gasteiger partial charge in [0.05, 0.1) is 25.4 Å². The van der Waals surface area contributed by atoms with Crippen molar-refractivity contribution in [3.63, 3.8) is 0 Å². The maximum atomic E-state index is 14.9. The lowest BCUT2D eigenvalue weighted by atomic mass is 10.0. The van der Waals surface area contributed by atoms with Crippen molar-refractivity contribution in [3.05, 3.63) is 60.2 Å². The van der Waals surface area contributed by atoms with E-state index < -0.39 is 68.2 Å². The molecule has 13 heteroatoms. The van der Waals surface area contributed by atoms with Crippen LogP contribution in [-0.2, 0) is 53.4 Å². The second-order valence-electron chi connectivity index (χ2n) is 15.4. The van der Waals surface area contributed by atoms with E-state index in [1.165, 1.54) is 0 Å². The summed E-state index contributed by atoms with van der Waals surface area (Å²) in [6.45, 7) is 13.3. The molecule has 2 N–H and O–H groups in total. The Labute approximate surface area is 347 Å². The topological polar surface area (TPSA) is 156 Å². The minimum Gasteiger partial charge on any atom is -0.466 e. The predicted molar refractivity (Wildman–Crippen MR) is 228 cm³/mol. The summed E-state index contributed by atoms with van der Waals surface area (Å²) in [4.78, 5) is 51.7. The molecule has 0 aromatic heterocycles. The number of hydrogen-bond donors (Lipinski definition) is 2.